The Labute approximate surface area is 118 Å². The van der Waals surface area contributed by atoms with E-state index in [4.69, 9.17) is 0 Å². The Balaban J connectivity index is 2.72. The van der Waals surface area contributed by atoms with Crippen LogP contribution in [-0.2, 0) is 0 Å². The van der Waals surface area contributed by atoms with E-state index in [1.54, 1.807) is 0 Å². The van der Waals surface area contributed by atoms with Crippen LogP contribution in [-0.4, -0.2) is 6.04 Å². The van der Waals surface area contributed by atoms with Gasteiger partial charge < -0.3 is 5.32 Å². The SMILES string of the molecule is CCC(CC)C(C)NC(C)c1ccc(Br)cc1F. The van der Waals surface area contributed by atoms with Gasteiger partial charge in [-0.15, -0.1) is 0 Å². The van der Waals surface area contributed by atoms with Crippen LogP contribution in [0.15, 0.2) is 22.7 Å². The van der Waals surface area contributed by atoms with Crippen LogP contribution in [0.4, 0.5) is 4.39 Å². The zero-order valence-corrected chi connectivity index (χ0v) is 13.2. The largest absolute Gasteiger partial charge is 0.307 e. The Bertz CT molecular complexity index is 377. The second kappa shape index (κ2) is 7.25. The lowest BCUT2D eigenvalue weighted by molar-refractivity contribution is 0.327. The molecule has 1 aromatic rings. The molecule has 1 nitrogen and oxygen atoms in total. The number of halogens is 2. The van der Waals surface area contributed by atoms with Gasteiger partial charge in [0.05, 0.1) is 0 Å². The molecule has 0 aliphatic rings. The van der Waals surface area contributed by atoms with E-state index in [-0.39, 0.29) is 11.9 Å². The highest BCUT2D eigenvalue weighted by molar-refractivity contribution is 9.10. The highest BCUT2D eigenvalue weighted by Gasteiger charge is 2.18. The van der Waals surface area contributed by atoms with E-state index in [1.165, 1.54) is 6.07 Å². The van der Waals surface area contributed by atoms with Crippen molar-refractivity contribution >= 4 is 15.9 Å². The van der Waals surface area contributed by atoms with Crippen molar-refractivity contribution in [1.82, 2.24) is 5.32 Å². The molecule has 0 saturated heterocycles. The monoisotopic (exact) mass is 315 g/mol. The quantitative estimate of drug-likeness (QED) is 0.773. The Morgan fingerprint density at radius 3 is 2.33 bits per heavy atom. The fourth-order valence-corrected chi connectivity index (χ4v) is 2.80. The molecule has 0 bridgehead atoms. The fraction of sp³-hybridized carbons (Fsp3) is 0.600. The van der Waals surface area contributed by atoms with Crippen molar-refractivity contribution in [2.75, 3.05) is 0 Å². The highest BCUT2D eigenvalue weighted by Crippen LogP contribution is 2.23. The van der Waals surface area contributed by atoms with Crippen LogP contribution < -0.4 is 5.32 Å². The van der Waals surface area contributed by atoms with E-state index in [2.05, 4.69) is 42.0 Å². The van der Waals surface area contributed by atoms with E-state index in [0.717, 1.165) is 22.9 Å². The summed E-state index contributed by atoms with van der Waals surface area (Å²) in [7, 11) is 0. The maximum absolute atomic E-state index is 13.8. The van der Waals surface area contributed by atoms with Crippen molar-refractivity contribution in [3.05, 3.63) is 34.1 Å². The van der Waals surface area contributed by atoms with Crippen LogP contribution in [0.5, 0.6) is 0 Å². The van der Waals surface area contributed by atoms with Crippen LogP contribution in [0.1, 0.15) is 52.1 Å². The molecule has 3 heteroatoms. The summed E-state index contributed by atoms with van der Waals surface area (Å²) in [4.78, 5) is 0. The summed E-state index contributed by atoms with van der Waals surface area (Å²) >= 11 is 3.28. The molecule has 102 valence electrons. The Morgan fingerprint density at radius 2 is 1.83 bits per heavy atom. The van der Waals surface area contributed by atoms with Crippen molar-refractivity contribution in [3.63, 3.8) is 0 Å². The standard InChI is InChI=1S/C15H23BrFN/c1-5-12(6-2)10(3)18-11(4)14-8-7-13(16)9-15(14)17/h7-12,18H,5-6H2,1-4H3. The first-order chi connectivity index (χ1) is 8.49. The van der Waals surface area contributed by atoms with Crippen molar-refractivity contribution in [1.29, 1.82) is 0 Å². The molecular weight excluding hydrogens is 293 g/mol. The predicted molar refractivity (Wildman–Crippen MR) is 79.2 cm³/mol. The van der Waals surface area contributed by atoms with E-state index in [1.807, 2.05) is 19.1 Å². The molecule has 2 atom stereocenters. The molecule has 0 heterocycles. The maximum atomic E-state index is 13.8. The Kier molecular flexibility index (Phi) is 6.30. The summed E-state index contributed by atoms with van der Waals surface area (Å²) in [5.41, 5.74) is 0.732. The molecule has 2 unspecified atom stereocenters. The minimum absolute atomic E-state index is 0.0358. The molecule has 0 spiro atoms. The molecule has 0 aliphatic carbocycles. The summed E-state index contributed by atoms with van der Waals surface area (Å²) in [5.74, 6) is 0.493. The minimum atomic E-state index is -0.152. The van der Waals surface area contributed by atoms with E-state index >= 15 is 0 Å². The van der Waals surface area contributed by atoms with Crippen molar-refractivity contribution < 1.29 is 4.39 Å². The van der Waals surface area contributed by atoms with Crippen LogP contribution in [0.3, 0.4) is 0 Å². The van der Waals surface area contributed by atoms with Crippen molar-refractivity contribution in [2.24, 2.45) is 5.92 Å². The average Bonchev–Trinajstić information content (AvgIpc) is 2.30. The van der Waals surface area contributed by atoms with Gasteiger partial charge in [-0.3, -0.25) is 0 Å². The Morgan fingerprint density at radius 1 is 1.22 bits per heavy atom. The van der Waals surface area contributed by atoms with Crippen molar-refractivity contribution in [3.8, 4) is 0 Å². The normalized spacial score (nSPS) is 14.8. The summed E-state index contributed by atoms with van der Waals surface area (Å²) in [6.07, 6.45) is 2.31. The zero-order chi connectivity index (χ0) is 13.7. The third-order valence-corrected chi connectivity index (χ3v) is 4.19. The number of nitrogens with one attached hydrogen (secondary N) is 1. The van der Waals surface area contributed by atoms with Gasteiger partial charge in [0.15, 0.2) is 0 Å². The lowest BCUT2D eigenvalue weighted by Crippen LogP contribution is -2.35. The van der Waals surface area contributed by atoms with Crippen LogP contribution in [0.25, 0.3) is 0 Å². The molecule has 0 saturated carbocycles. The smallest absolute Gasteiger partial charge is 0.129 e. The molecule has 1 rings (SSSR count). The number of benzene rings is 1. The van der Waals surface area contributed by atoms with Gasteiger partial charge in [0, 0.05) is 22.1 Å². The van der Waals surface area contributed by atoms with Gasteiger partial charge in [0.1, 0.15) is 5.82 Å². The molecule has 0 amide bonds. The molecular formula is C15H23BrFN. The average molecular weight is 316 g/mol. The second-order valence-electron chi connectivity index (χ2n) is 4.92. The van der Waals surface area contributed by atoms with Gasteiger partial charge in [-0.1, -0.05) is 48.7 Å². The summed E-state index contributed by atoms with van der Waals surface area (Å²) in [5, 5.41) is 3.50. The summed E-state index contributed by atoms with van der Waals surface area (Å²) in [6, 6.07) is 5.69. The van der Waals surface area contributed by atoms with Crippen LogP contribution in [0, 0.1) is 11.7 Å². The molecule has 0 aliphatic heterocycles. The van der Waals surface area contributed by atoms with Crippen LogP contribution >= 0.6 is 15.9 Å². The van der Waals surface area contributed by atoms with Gasteiger partial charge in [0.2, 0.25) is 0 Å². The van der Waals surface area contributed by atoms with Gasteiger partial charge in [0.25, 0.3) is 0 Å². The topological polar surface area (TPSA) is 12.0 Å². The minimum Gasteiger partial charge on any atom is -0.307 e. The van der Waals surface area contributed by atoms with Crippen LogP contribution in [0.2, 0.25) is 0 Å². The molecule has 0 fully saturated rings. The lowest BCUT2D eigenvalue weighted by Gasteiger charge is -2.26. The van der Waals surface area contributed by atoms with Gasteiger partial charge >= 0.3 is 0 Å². The summed E-state index contributed by atoms with van der Waals surface area (Å²) < 4.78 is 14.6. The first-order valence-corrected chi connectivity index (χ1v) is 7.49. The Hall–Kier alpha value is -0.410. The molecule has 1 aromatic carbocycles. The molecule has 1 N–H and O–H groups in total. The first-order valence-electron chi connectivity index (χ1n) is 6.70. The molecule has 18 heavy (non-hydrogen) atoms. The number of rotatable bonds is 6. The van der Waals surface area contributed by atoms with Gasteiger partial charge in [-0.2, -0.15) is 0 Å². The lowest BCUT2D eigenvalue weighted by atomic mass is 9.94. The van der Waals surface area contributed by atoms with Crippen molar-refractivity contribution in [2.45, 2.75) is 52.6 Å². The van der Waals surface area contributed by atoms with E-state index in [9.17, 15) is 4.39 Å². The van der Waals surface area contributed by atoms with Gasteiger partial charge in [-0.25, -0.2) is 4.39 Å². The highest BCUT2D eigenvalue weighted by atomic mass is 79.9. The zero-order valence-electron chi connectivity index (χ0n) is 11.6. The third-order valence-electron chi connectivity index (χ3n) is 3.70. The number of hydrogen-bond acceptors (Lipinski definition) is 1. The predicted octanol–water partition coefficient (Wildman–Crippen LogP) is 5.06. The maximum Gasteiger partial charge on any atom is 0.129 e. The first kappa shape index (κ1) is 15.6. The fourth-order valence-electron chi connectivity index (χ4n) is 2.47. The van der Waals surface area contributed by atoms with Gasteiger partial charge in [-0.05, 0) is 31.9 Å². The summed E-state index contributed by atoms with van der Waals surface area (Å²) in [6.45, 7) is 8.62. The third kappa shape index (κ3) is 4.06. The molecule has 0 radical (unpaired) electrons. The molecule has 0 aromatic heterocycles. The number of hydrogen-bond donors (Lipinski definition) is 1. The second-order valence-corrected chi connectivity index (χ2v) is 5.84. The van der Waals surface area contributed by atoms with E-state index in [0.29, 0.717) is 12.0 Å². The van der Waals surface area contributed by atoms with E-state index < -0.39 is 0 Å².